The highest BCUT2D eigenvalue weighted by Gasteiger charge is 2.13. The number of hydrogen-bond acceptors (Lipinski definition) is 1. The predicted molar refractivity (Wildman–Crippen MR) is 60.4 cm³/mol. The van der Waals surface area contributed by atoms with Crippen LogP contribution < -0.4 is 0 Å². The van der Waals surface area contributed by atoms with Crippen molar-refractivity contribution in [1.82, 2.24) is 0 Å². The normalized spacial score (nSPS) is 12.4. The zero-order valence-corrected chi connectivity index (χ0v) is 10.1. The van der Waals surface area contributed by atoms with Crippen molar-refractivity contribution in [1.29, 1.82) is 0 Å². The largest absolute Gasteiger partial charge is 0.469 e. The topological polar surface area (TPSA) is 13.1 Å². The van der Waals surface area contributed by atoms with Crippen LogP contribution in [0, 0.1) is 11.3 Å². The van der Waals surface area contributed by atoms with E-state index < -0.39 is 0 Å². The van der Waals surface area contributed by atoms with Crippen LogP contribution in [0.1, 0.15) is 45.9 Å². The van der Waals surface area contributed by atoms with Crippen molar-refractivity contribution in [2.75, 3.05) is 0 Å². The van der Waals surface area contributed by atoms with Crippen molar-refractivity contribution in [3.8, 4) is 0 Å². The summed E-state index contributed by atoms with van der Waals surface area (Å²) in [6, 6.07) is 2.20. The number of furan rings is 1. The van der Waals surface area contributed by atoms with E-state index in [1.54, 1.807) is 0 Å². The number of rotatable bonds is 3. The van der Waals surface area contributed by atoms with Crippen LogP contribution >= 0.6 is 0 Å². The van der Waals surface area contributed by atoms with Gasteiger partial charge in [-0.2, -0.15) is 0 Å². The van der Waals surface area contributed by atoms with Crippen LogP contribution in [-0.2, 0) is 12.8 Å². The van der Waals surface area contributed by atoms with Gasteiger partial charge < -0.3 is 4.42 Å². The molecule has 1 heterocycles. The molecule has 0 unspecified atom stereocenters. The van der Waals surface area contributed by atoms with Crippen LogP contribution in [-0.4, -0.2) is 0 Å². The van der Waals surface area contributed by atoms with Crippen LogP contribution in [0.15, 0.2) is 16.7 Å². The lowest BCUT2D eigenvalue weighted by Crippen LogP contribution is -2.08. The van der Waals surface area contributed by atoms with Crippen molar-refractivity contribution in [2.45, 2.75) is 47.5 Å². The Labute approximate surface area is 87.5 Å². The SMILES string of the molecule is CC(C)Cc1cc(CC(C)(C)C)co1. The highest BCUT2D eigenvalue weighted by Crippen LogP contribution is 2.22. The maximum absolute atomic E-state index is 5.52. The first kappa shape index (κ1) is 11.4. The Morgan fingerprint density at radius 2 is 1.93 bits per heavy atom. The van der Waals surface area contributed by atoms with Gasteiger partial charge in [0.15, 0.2) is 0 Å². The second-order valence-electron chi connectivity index (χ2n) is 5.76. The van der Waals surface area contributed by atoms with Crippen molar-refractivity contribution in [2.24, 2.45) is 11.3 Å². The van der Waals surface area contributed by atoms with Crippen LogP contribution in [0.5, 0.6) is 0 Å². The van der Waals surface area contributed by atoms with E-state index in [1.807, 2.05) is 6.26 Å². The number of hydrogen-bond donors (Lipinski definition) is 0. The molecule has 0 bridgehead atoms. The Kier molecular flexibility index (Phi) is 3.41. The van der Waals surface area contributed by atoms with Crippen molar-refractivity contribution >= 4 is 0 Å². The predicted octanol–water partition coefficient (Wildman–Crippen LogP) is 4.07. The molecule has 0 saturated heterocycles. The van der Waals surface area contributed by atoms with Gasteiger partial charge in [-0.1, -0.05) is 34.6 Å². The van der Waals surface area contributed by atoms with E-state index in [0.717, 1.165) is 18.6 Å². The quantitative estimate of drug-likeness (QED) is 0.707. The Morgan fingerprint density at radius 3 is 2.43 bits per heavy atom. The molecule has 1 heteroatoms. The summed E-state index contributed by atoms with van der Waals surface area (Å²) < 4.78 is 5.52. The first-order valence-electron chi connectivity index (χ1n) is 5.43. The molecule has 0 saturated carbocycles. The fourth-order valence-corrected chi connectivity index (χ4v) is 1.64. The average Bonchev–Trinajstić information content (AvgIpc) is 2.30. The minimum absolute atomic E-state index is 0.346. The molecule has 0 fully saturated rings. The minimum atomic E-state index is 0.346. The summed E-state index contributed by atoms with van der Waals surface area (Å²) in [7, 11) is 0. The maximum atomic E-state index is 5.52. The van der Waals surface area contributed by atoms with Gasteiger partial charge in [0.05, 0.1) is 6.26 Å². The van der Waals surface area contributed by atoms with Crippen molar-refractivity contribution < 1.29 is 4.42 Å². The molecule has 0 aliphatic rings. The zero-order chi connectivity index (χ0) is 10.8. The van der Waals surface area contributed by atoms with Gasteiger partial charge in [0.25, 0.3) is 0 Å². The van der Waals surface area contributed by atoms with Gasteiger partial charge in [-0.3, -0.25) is 0 Å². The molecule has 0 radical (unpaired) electrons. The lowest BCUT2D eigenvalue weighted by molar-refractivity contribution is 0.407. The Morgan fingerprint density at radius 1 is 1.29 bits per heavy atom. The highest BCUT2D eigenvalue weighted by atomic mass is 16.3. The van der Waals surface area contributed by atoms with Gasteiger partial charge in [0, 0.05) is 6.42 Å². The second kappa shape index (κ2) is 4.20. The van der Waals surface area contributed by atoms with E-state index in [4.69, 9.17) is 4.42 Å². The molecular weight excluding hydrogens is 172 g/mol. The Hall–Kier alpha value is -0.720. The summed E-state index contributed by atoms with van der Waals surface area (Å²) in [4.78, 5) is 0. The van der Waals surface area contributed by atoms with E-state index in [9.17, 15) is 0 Å². The van der Waals surface area contributed by atoms with Crippen LogP contribution in [0.4, 0.5) is 0 Å². The van der Waals surface area contributed by atoms with Gasteiger partial charge in [0.2, 0.25) is 0 Å². The summed E-state index contributed by atoms with van der Waals surface area (Å²) in [6.07, 6.45) is 4.04. The van der Waals surface area contributed by atoms with Crippen molar-refractivity contribution in [3.05, 3.63) is 23.7 Å². The smallest absolute Gasteiger partial charge is 0.104 e. The van der Waals surface area contributed by atoms with Crippen molar-refractivity contribution in [3.63, 3.8) is 0 Å². The molecule has 1 rings (SSSR count). The van der Waals surface area contributed by atoms with Gasteiger partial charge >= 0.3 is 0 Å². The molecular formula is C13H22O. The standard InChI is InChI=1S/C13H22O/c1-10(2)6-12-7-11(9-14-12)8-13(3,4)5/h7,9-10H,6,8H2,1-5H3. The summed E-state index contributed by atoms with van der Waals surface area (Å²) in [5.41, 5.74) is 1.67. The summed E-state index contributed by atoms with van der Waals surface area (Å²) in [6.45, 7) is 11.2. The van der Waals surface area contributed by atoms with Crippen LogP contribution in [0.3, 0.4) is 0 Å². The van der Waals surface area contributed by atoms with E-state index in [0.29, 0.717) is 11.3 Å². The summed E-state index contributed by atoms with van der Waals surface area (Å²) in [5, 5.41) is 0. The summed E-state index contributed by atoms with van der Waals surface area (Å²) >= 11 is 0. The lowest BCUT2D eigenvalue weighted by Gasteiger charge is -2.15. The molecule has 0 aliphatic heterocycles. The fourth-order valence-electron chi connectivity index (χ4n) is 1.64. The fraction of sp³-hybridized carbons (Fsp3) is 0.692. The second-order valence-corrected chi connectivity index (χ2v) is 5.76. The highest BCUT2D eigenvalue weighted by molar-refractivity contribution is 5.14. The third-order valence-electron chi connectivity index (χ3n) is 2.05. The van der Waals surface area contributed by atoms with Crippen LogP contribution in [0.2, 0.25) is 0 Å². The van der Waals surface area contributed by atoms with Gasteiger partial charge in [-0.05, 0) is 29.4 Å². The molecule has 0 spiro atoms. The lowest BCUT2D eigenvalue weighted by atomic mass is 9.89. The average molecular weight is 194 g/mol. The van der Waals surface area contributed by atoms with Gasteiger partial charge in [-0.15, -0.1) is 0 Å². The Bertz CT molecular complexity index is 276. The third kappa shape index (κ3) is 3.99. The zero-order valence-electron chi connectivity index (χ0n) is 10.1. The maximum Gasteiger partial charge on any atom is 0.104 e. The molecule has 0 amide bonds. The molecule has 0 aliphatic carbocycles. The molecule has 0 atom stereocenters. The molecule has 0 aromatic carbocycles. The first-order chi connectivity index (χ1) is 6.37. The van der Waals surface area contributed by atoms with Gasteiger partial charge in [-0.25, -0.2) is 0 Å². The van der Waals surface area contributed by atoms with E-state index in [2.05, 4.69) is 40.7 Å². The van der Waals surface area contributed by atoms with E-state index in [1.165, 1.54) is 5.56 Å². The summed E-state index contributed by atoms with van der Waals surface area (Å²) in [5.74, 6) is 1.79. The minimum Gasteiger partial charge on any atom is -0.469 e. The molecule has 1 nitrogen and oxygen atoms in total. The van der Waals surface area contributed by atoms with Gasteiger partial charge in [0.1, 0.15) is 5.76 Å². The molecule has 0 N–H and O–H groups in total. The van der Waals surface area contributed by atoms with E-state index >= 15 is 0 Å². The monoisotopic (exact) mass is 194 g/mol. The molecule has 1 aromatic heterocycles. The third-order valence-corrected chi connectivity index (χ3v) is 2.05. The molecule has 80 valence electrons. The molecule has 14 heavy (non-hydrogen) atoms. The Balaban J connectivity index is 2.60. The first-order valence-corrected chi connectivity index (χ1v) is 5.43. The molecule has 1 aromatic rings. The van der Waals surface area contributed by atoms with Crippen LogP contribution in [0.25, 0.3) is 0 Å². The van der Waals surface area contributed by atoms with E-state index in [-0.39, 0.29) is 0 Å².